The van der Waals surface area contributed by atoms with Crippen LogP contribution in [0.5, 0.6) is 0 Å². The maximum absolute atomic E-state index is 11.6. The first-order valence-corrected chi connectivity index (χ1v) is 4.78. The summed E-state index contributed by atoms with van der Waals surface area (Å²) in [6.07, 6.45) is 4.26. The molecular weight excluding hydrogens is 178 g/mol. The topological polar surface area (TPSA) is 54.0 Å². The third-order valence-corrected chi connectivity index (χ3v) is 2.34. The van der Waals surface area contributed by atoms with Gasteiger partial charge in [0.2, 0.25) is 0 Å². The van der Waals surface area contributed by atoms with E-state index >= 15 is 0 Å². The molecule has 1 aromatic heterocycles. The average Bonchev–Trinajstić information content (AvgIpc) is 2.72. The van der Waals surface area contributed by atoms with Crippen LogP contribution in [0.1, 0.15) is 16.8 Å². The molecule has 0 aromatic carbocycles. The molecule has 1 aliphatic heterocycles. The van der Waals surface area contributed by atoms with Gasteiger partial charge < -0.3 is 10.6 Å². The highest BCUT2D eigenvalue weighted by Gasteiger charge is 2.16. The first-order chi connectivity index (χ1) is 6.86. The molecule has 0 aliphatic carbocycles. The van der Waals surface area contributed by atoms with E-state index in [1.807, 2.05) is 0 Å². The van der Waals surface area contributed by atoms with Crippen molar-refractivity contribution in [3.05, 3.63) is 30.1 Å². The van der Waals surface area contributed by atoms with E-state index in [1.54, 1.807) is 24.5 Å². The molecule has 74 valence electrons. The van der Waals surface area contributed by atoms with Gasteiger partial charge in [-0.3, -0.25) is 9.78 Å². The third-order valence-electron chi connectivity index (χ3n) is 2.34. The van der Waals surface area contributed by atoms with Crippen LogP contribution in [-0.4, -0.2) is 30.0 Å². The monoisotopic (exact) mass is 191 g/mol. The van der Waals surface area contributed by atoms with Gasteiger partial charge in [-0.05, 0) is 25.1 Å². The van der Waals surface area contributed by atoms with E-state index in [0.29, 0.717) is 5.56 Å². The Morgan fingerprint density at radius 2 is 2.29 bits per heavy atom. The van der Waals surface area contributed by atoms with Crippen LogP contribution >= 0.6 is 0 Å². The molecule has 0 saturated carbocycles. The quantitative estimate of drug-likeness (QED) is 0.700. The highest BCUT2D eigenvalue weighted by Crippen LogP contribution is 2.01. The highest BCUT2D eigenvalue weighted by molar-refractivity contribution is 5.94. The van der Waals surface area contributed by atoms with Gasteiger partial charge in [0.1, 0.15) is 0 Å². The number of pyridine rings is 1. The van der Waals surface area contributed by atoms with E-state index in [-0.39, 0.29) is 11.9 Å². The van der Waals surface area contributed by atoms with Gasteiger partial charge in [0, 0.05) is 30.5 Å². The van der Waals surface area contributed by atoms with Crippen LogP contribution in [-0.2, 0) is 0 Å². The van der Waals surface area contributed by atoms with Gasteiger partial charge in [-0.1, -0.05) is 0 Å². The molecule has 2 heterocycles. The Labute approximate surface area is 82.7 Å². The Morgan fingerprint density at radius 3 is 2.93 bits per heavy atom. The molecule has 1 atom stereocenters. The van der Waals surface area contributed by atoms with Crippen molar-refractivity contribution in [2.45, 2.75) is 12.5 Å². The lowest BCUT2D eigenvalue weighted by atomic mass is 10.2. The summed E-state index contributed by atoms with van der Waals surface area (Å²) in [6.45, 7) is 1.86. The lowest BCUT2D eigenvalue weighted by Gasteiger charge is -2.10. The van der Waals surface area contributed by atoms with Crippen molar-refractivity contribution in [2.75, 3.05) is 13.1 Å². The van der Waals surface area contributed by atoms with Gasteiger partial charge in [0.15, 0.2) is 0 Å². The fourth-order valence-corrected chi connectivity index (χ4v) is 1.55. The Balaban J connectivity index is 1.95. The van der Waals surface area contributed by atoms with Crippen LogP contribution in [0.3, 0.4) is 0 Å². The molecule has 4 heteroatoms. The Bertz CT molecular complexity index is 306. The van der Waals surface area contributed by atoms with E-state index in [9.17, 15) is 4.79 Å². The fraction of sp³-hybridized carbons (Fsp3) is 0.400. The van der Waals surface area contributed by atoms with E-state index < -0.39 is 0 Å². The summed E-state index contributed by atoms with van der Waals surface area (Å²) in [5.41, 5.74) is 0.673. The molecule has 2 N–H and O–H groups in total. The van der Waals surface area contributed by atoms with Crippen LogP contribution in [0.4, 0.5) is 0 Å². The molecule has 2 rings (SSSR count). The standard InChI is InChI=1S/C10H13N3O/c14-10(8-1-4-11-5-2-8)13-9-3-6-12-7-9/h1-2,4-5,9,12H,3,6-7H2,(H,13,14). The Kier molecular flexibility index (Phi) is 2.74. The van der Waals surface area contributed by atoms with E-state index in [1.165, 1.54) is 0 Å². The van der Waals surface area contributed by atoms with Crippen molar-refractivity contribution in [2.24, 2.45) is 0 Å². The lowest BCUT2D eigenvalue weighted by Crippen LogP contribution is -2.36. The predicted octanol–water partition coefficient (Wildman–Crippen LogP) is 0.173. The minimum Gasteiger partial charge on any atom is -0.348 e. The summed E-state index contributed by atoms with van der Waals surface area (Å²) >= 11 is 0. The van der Waals surface area contributed by atoms with Crippen LogP contribution < -0.4 is 10.6 Å². The fourth-order valence-electron chi connectivity index (χ4n) is 1.55. The largest absolute Gasteiger partial charge is 0.348 e. The molecule has 0 bridgehead atoms. The number of aromatic nitrogens is 1. The van der Waals surface area contributed by atoms with Gasteiger partial charge in [-0.25, -0.2) is 0 Å². The van der Waals surface area contributed by atoms with E-state index in [0.717, 1.165) is 19.5 Å². The van der Waals surface area contributed by atoms with Crippen molar-refractivity contribution in [3.8, 4) is 0 Å². The molecule has 1 amide bonds. The summed E-state index contributed by atoms with van der Waals surface area (Å²) in [5.74, 6) is -0.0129. The first kappa shape index (κ1) is 9.15. The summed E-state index contributed by atoms with van der Waals surface area (Å²) in [4.78, 5) is 15.5. The Hall–Kier alpha value is -1.42. The second-order valence-electron chi connectivity index (χ2n) is 3.40. The van der Waals surface area contributed by atoms with Crippen molar-refractivity contribution in [3.63, 3.8) is 0 Å². The normalized spacial score (nSPS) is 20.7. The predicted molar refractivity (Wildman–Crippen MR) is 53.0 cm³/mol. The van der Waals surface area contributed by atoms with Crippen molar-refractivity contribution >= 4 is 5.91 Å². The molecule has 1 unspecified atom stereocenters. The smallest absolute Gasteiger partial charge is 0.251 e. The maximum Gasteiger partial charge on any atom is 0.251 e. The molecule has 4 nitrogen and oxygen atoms in total. The van der Waals surface area contributed by atoms with Gasteiger partial charge in [-0.2, -0.15) is 0 Å². The second kappa shape index (κ2) is 4.19. The van der Waals surface area contributed by atoms with E-state index in [4.69, 9.17) is 0 Å². The van der Waals surface area contributed by atoms with Crippen LogP contribution in [0.25, 0.3) is 0 Å². The summed E-state index contributed by atoms with van der Waals surface area (Å²) in [7, 11) is 0. The minimum absolute atomic E-state index is 0.0129. The minimum atomic E-state index is -0.0129. The zero-order valence-corrected chi connectivity index (χ0v) is 7.86. The molecule has 1 fully saturated rings. The summed E-state index contributed by atoms with van der Waals surface area (Å²) < 4.78 is 0. The van der Waals surface area contributed by atoms with Crippen molar-refractivity contribution < 1.29 is 4.79 Å². The maximum atomic E-state index is 11.6. The number of nitrogens with zero attached hydrogens (tertiary/aromatic N) is 1. The molecular formula is C10H13N3O. The Morgan fingerprint density at radius 1 is 1.50 bits per heavy atom. The molecule has 1 aromatic rings. The molecule has 0 radical (unpaired) electrons. The number of nitrogens with one attached hydrogen (secondary N) is 2. The lowest BCUT2D eigenvalue weighted by molar-refractivity contribution is 0.0940. The van der Waals surface area contributed by atoms with Crippen molar-refractivity contribution in [1.82, 2.24) is 15.6 Å². The second-order valence-corrected chi connectivity index (χ2v) is 3.40. The molecule has 1 aliphatic rings. The van der Waals surface area contributed by atoms with Gasteiger partial charge >= 0.3 is 0 Å². The molecule has 0 spiro atoms. The first-order valence-electron chi connectivity index (χ1n) is 4.78. The van der Waals surface area contributed by atoms with Crippen LogP contribution in [0.2, 0.25) is 0 Å². The molecule has 1 saturated heterocycles. The highest BCUT2D eigenvalue weighted by atomic mass is 16.1. The number of carbonyl (C=O) groups is 1. The average molecular weight is 191 g/mol. The third kappa shape index (κ3) is 2.09. The number of rotatable bonds is 2. The van der Waals surface area contributed by atoms with E-state index in [2.05, 4.69) is 15.6 Å². The summed E-state index contributed by atoms with van der Waals surface area (Å²) in [5, 5.41) is 6.17. The summed E-state index contributed by atoms with van der Waals surface area (Å²) in [6, 6.07) is 3.71. The van der Waals surface area contributed by atoms with Crippen LogP contribution in [0, 0.1) is 0 Å². The van der Waals surface area contributed by atoms with Gasteiger partial charge in [-0.15, -0.1) is 0 Å². The van der Waals surface area contributed by atoms with Crippen molar-refractivity contribution in [1.29, 1.82) is 0 Å². The zero-order valence-electron chi connectivity index (χ0n) is 7.86. The zero-order chi connectivity index (χ0) is 9.80. The SMILES string of the molecule is O=C(NC1CCNC1)c1ccncc1. The number of hydrogen-bond donors (Lipinski definition) is 2. The van der Waals surface area contributed by atoms with Gasteiger partial charge in [0.05, 0.1) is 0 Å². The van der Waals surface area contributed by atoms with Crippen LogP contribution in [0.15, 0.2) is 24.5 Å². The molecule has 14 heavy (non-hydrogen) atoms. The number of hydrogen-bond acceptors (Lipinski definition) is 3. The number of amides is 1. The number of carbonyl (C=O) groups excluding carboxylic acids is 1. The van der Waals surface area contributed by atoms with Gasteiger partial charge in [0.25, 0.3) is 5.91 Å².